The number of benzene rings is 1. The minimum Gasteiger partial charge on any atom is -0.310 e. The molecule has 3 rings (SSSR count). The summed E-state index contributed by atoms with van der Waals surface area (Å²) in [7, 11) is 0. The summed E-state index contributed by atoms with van der Waals surface area (Å²) in [4.78, 5) is 19.7. The number of aromatic amines is 1. The maximum absolute atomic E-state index is 12.8. The topological polar surface area (TPSA) is 45.8 Å². The summed E-state index contributed by atoms with van der Waals surface area (Å²) in [6.45, 7) is 0. The number of nitrogens with one attached hydrogen (secondary N) is 1. The molecular weight excluding hydrogens is 263 g/mol. The molecule has 0 spiro atoms. The first kappa shape index (κ1) is 12.4. The van der Waals surface area contributed by atoms with Gasteiger partial charge < -0.3 is 4.98 Å². The first-order valence-electron chi connectivity index (χ1n) is 6.19. The van der Waals surface area contributed by atoms with Gasteiger partial charge in [0.2, 0.25) is 0 Å². The smallest absolute Gasteiger partial charge is 0.251 e. The molecule has 0 saturated heterocycles. The fourth-order valence-corrected chi connectivity index (χ4v) is 2.64. The van der Waals surface area contributed by atoms with E-state index >= 15 is 0 Å². The third-order valence-corrected chi connectivity index (χ3v) is 4.02. The molecule has 1 saturated carbocycles. The quantitative estimate of drug-likeness (QED) is 0.873. The second kappa shape index (κ2) is 5.17. The predicted octanol–water partition coefficient (Wildman–Crippen LogP) is 3.08. The van der Waals surface area contributed by atoms with Gasteiger partial charge in [-0.1, -0.05) is 0 Å². The molecule has 0 bridgehead atoms. The van der Waals surface area contributed by atoms with E-state index in [1.54, 1.807) is 18.2 Å². The highest BCUT2D eigenvalue weighted by Gasteiger charge is 2.25. The Morgan fingerprint density at radius 2 is 2.05 bits per heavy atom. The fraction of sp³-hybridized carbons (Fsp3) is 0.286. The lowest BCUT2D eigenvalue weighted by atomic mass is 10.3. The van der Waals surface area contributed by atoms with Crippen LogP contribution in [0.1, 0.15) is 30.3 Å². The van der Waals surface area contributed by atoms with Crippen molar-refractivity contribution in [1.82, 2.24) is 9.97 Å². The van der Waals surface area contributed by atoms with E-state index in [-0.39, 0.29) is 11.4 Å². The van der Waals surface area contributed by atoms with Gasteiger partial charge in [-0.2, -0.15) is 0 Å². The number of H-pyrrole nitrogens is 1. The van der Waals surface area contributed by atoms with Gasteiger partial charge >= 0.3 is 0 Å². The zero-order valence-electron chi connectivity index (χ0n) is 10.2. The van der Waals surface area contributed by atoms with Crippen LogP contribution in [0.15, 0.2) is 40.0 Å². The summed E-state index contributed by atoms with van der Waals surface area (Å²) in [5.41, 5.74) is 0.810. The summed E-state index contributed by atoms with van der Waals surface area (Å²) < 4.78 is 12.8. The fourth-order valence-electron chi connectivity index (χ4n) is 1.87. The molecule has 0 unspecified atom stereocenters. The van der Waals surface area contributed by atoms with Gasteiger partial charge in [-0.15, -0.1) is 11.8 Å². The molecule has 0 atom stereocenters. The van der Waals surface area contributed by atoms with E-state index in [0.29, 0.717) is 17.5 Å². The Bertz CT molecular complexity index is 635. The highest BCUT2D eigenvalue weighted by molar-refractivity contribution is 7.98. The number of aromatic nitrogens is 2. The van der Waals surface area contributed by atoms with Gasteiger partial charge in [0.05, 0.1) is 11.4 Å². The first-order valence-corrected chi connectivity index (χ1v) is 7.18. The van der Waals surface area contributed by atoms with Crippen LogP contribution in [0.5, 0.6) is 0 Å². The lowest BCUT2D eigenvalue weighted by Gasteiger charge is -2.03. The van der Waals surface area contributed by atoms with Crippen LogP contribution in [0.25, 0.3) is 0 Å². The van der Waals surface area contributed by atoms with Crippen molar-refractivity contribution < 1.29 is 4.39 Å². The molecule has 1 aromatic heterocycles. The van der Waals surface area contributed by atoms with Crippen LogP contribution in [-0.4, -0.2) is 9.97 Å². The Hall–Kier alpha value is -1.62. The molecular formula is C14H13FN2OS. The molecule has 1 aliphatic carbocycles. The Balaban J connectivity index is 1.72. The molecule has 1 N–H and O–H groups in total. The van der Waals surface area contributed by atoms with Crippen molar-refractivity contribution in [1.29, 1.82) is 0 Å². The summed E-state index contributed by atoms with van der Waals surface area (Å²) in [6.07, 6.45) is 2.25. The zero-order valence-corrected chi connectivity index (χ0v) is 11.0. The van der Waals surface area contributed by atoms with Crippen molar-refractivity contribution in [3.05, 3.63) is 58.0 Å². The maximum Gasteiger partial charge on any atom is 0.251 e. The lowest BCUT2D eigenvalue weighted by molar-refractivity contribution is 0.626. The van der Waals surface area contributed by atoms with E-state index in [1.165, 1.54) is 23.9 Å². The van der Waals surface area contributed by atoms with Crippen molar-refractivity contribution in [2.75, 3.05) is 0 Å². The van der Waals surface area contributed by atoms with Crippen LogP contribution in [-0.2, 0) is 5.75 Å². The van der Waals surface area contributed by atoms with Crippen molar-refractivity contribution in [2.45, 2.75) is 29.4 Å². The SMILES string of the molecule is O=c1cc(C2CC2)nc(CSc2ccc(F)cc2)[nH]1. The largest absolute Gasteiger partial charge is 0.310 e. The molecule has 1 heterocycles. The molecule has 1 aliphatic rings. The Kier molecular flexibility index (Phi) is 3.38. The van der Waals surface area contributed by atoms with Gasteiger partial charge in [0, 0.05) is 16.9 Å². The number of hydrogen-bond acceptors (Lipinski definition) is 3. The molecule has 98 valence electrons. The highest BCUT2D eigenvalue weighted by atomic mass is 32.2. The summed E-state index contributed by atoms with van der Waals surface area (Å²) in [6, 6.07) is 7.90. The minimum atomic E-state index is -0.244. The molecule has 1 fully saturated rings. The summed E-state index contributed by atoms with van der Waals surface area (Å²) >= 11 is 1.53. The number of hydrogen-bond donors (Lipinski definition) is 1. The third-order valence-electron chi connectivity index (χ3n) is 3.00. The van der Waals surface area contributed by atoms with Crippen LogP contribution >= 0.6 is 11.8 Å². The molecule has 19 heavy (non-hydrogen) atoms. The average Bonchev–Trinajstić information content (AvgIpc) is 3.22. The van der Waals surface area contributed by atoms with Crippen LogP contribution in [0.4, 0.5) is 4.39 Å². The molecule has 2 aromatic rings. The van der Waals surface area contributed by atoms with E-state index in [9.17, 15) is 9.18 Å². The second-order valence-corrected chi connectivity index (χ2v) is 5.68. The van der Waals surface area contributed by atoms with Crippen molar-refractivity contribution in [3.63, 3.8) is 0 Å². The van der Waals surface area contributed by atoms with E-state index in [4.69, 9.17) is 0 Å². The number of thioether (sulfide) groups is 1. The standard InChI is InChI=1S/C14H13FN2OS/c15-10-3-5-11(6-4-10)19-8-13-16-12(9-1-2-9)7-14(18)17-13/h3-7,9H,1-2,8H2,(H,16,17,18). The highest BCUT2D eigenvalue weighted by Crippen LogP contribution is 2.38. The van der Waals surface area contributed by atoms with E-state index in [0.717, 1.165) is 23.4 Å². The maximum atomic E-state index is 12.8. The first-order chi connectivity index (χ1) is 9.20. The molecule has 3 nitrogen and oxygen atoms in total. The molecule has 0 radical (unpaired) electrons. The van der Waals surface area contributed by atoms with Gasteiger partial charge in [0.1, 0.15) is 11.6 Å². The van der Waals surface area contributed by atoms with E-state index in [1.807, 2.05) is 0 Å². The number of halogens is 1. The summed E-state index contributed by atoms with van der Waals surface area (Å²) in [5, 5.41) is 0. The average molecular weight is 276 g/mol. The number of nitrogens with zero attached hydrogens (tertiary/aromatic N) is 1. The zero-order chi connectivity index (χ0) is 13.2. The van der Waals surface area contributed by atoms with Crippen molar-refractivity contribution in [3.8, 4) is 0 Å². The molecule has 1 aromatic carbocycles. The van der Waals surface area contributed by atoms with Crippen molar-refractivity contribution in [2.24, 2.45) is 0 Å². The Labute approximate surface area is 114 Å². The van der Waals surface area contributed by atoms with Crippen LogP contribution < -0.4 is 5.56 Å². The Morgan fingerprint density at radius 1 is 1.32 bits per heavy atom. The van der Waals surface area contributed by atoms with Gasteiger partial charge in [0.25, 0.3) is 5.56 Å². The van der Waals surface area contributed by atoms with Crippen LogP contribution in [0.2, 0.25) is 0 Å². The second-order valence-electron chi connectivity index (χ2n) is 4.63. The number of rotatable bonds is 4. The van der Waals surface area contributed by atoms with Gasteiger partial charge in [0.15, 0.2) is 0 Å². The third kappa shape index (κ3) is 3.23. The molecule has 0 amide bonds. The minimum absolute atomic E-state index is 0.0911. The molecule has 0 aliphatic heterocycles. The lowest BCUT2D eigenvalue weighted by Crippen LogP contribution is -2.11. The van der Waals surface area contributed by atoms with Gasteiger partial charge in [-0.25, -0.2) is 9.37 Å². The van der Waals surface area contributed by atoms with Crippen LogP contribution in [0, 0.1) is 5.82 Å². The van der Waals surface area contributed by atoms with Gasteiger partial charge in [-0.05, 0) is 37.1 Å². The van der Waals surface area contributed by atoms with E-state index in [2.05, 4.69) is 9.97 Å². The Morgan fingerprint density at radius 3 is 2.74 bits per heavy atom. The van der Waals surface area contributed by atoms with Crippen LogP contribution in [0.3, 0.4) is 0 Å². The predicted molar refractivity (Wildman–Crippen MR) is 72.8 cm³/mol. The monoisotopic (exact) mass is 276 g/mol. The summed E-state index contributed by atoms with van der Waals surface area (Å²) in [5.74, 6) is 1.49. The van der Waals surface area contributed by atoms with Crippen molar-refractivity contribution >= 4 is 11.8 Å². The molecule has 5 heteroatoms. The van der Waals surface area contributed by atoms with E-state index < -0.39 is 0 Å². The normalized spacial score (nSPS) is 14.6. The van der Waals surface area contributed by atoms with Gasteiger partial charge in [-0.3, -0.25) is 4.79 Å².